The number of rotatable bonds is 4. The van der Waals surface area contributed by atoms with E-state index >= 15 is 0 Å². The third-order valence-electron chi connectivity index (χ3n) is 4.83. The molecule has 3 rings (SSSR count). The summed E-state index contributed by atoms with van der Waals surface area (Å²) in [6.07, 6.45) is 1.20. The van der Waals surface area contributed by atoms with Crippen LogP contribution in [-0.4, -0.2) is 30.2 Å². The van der Waals surface area contributed by atoms with Gasteiger partial charge in [-0.05, 0) is 43.0 Å². The number of carbonyl (C=O) groups is 2. The van der Waals surface area contributed by atoms with Gasteiger partial charge >= 0.3 is 5.97 Å². The number of nitrogens with one attached hydrogen (secondary N) is 1. The van der Waals surface area contributed by atoms with E-state index in [1.807, 2.05) is 30.3 Å². The minimum Gasteiger partial charge on any atom is -0.478 e. The molecule has 1 saturated heterocycles. The molecule has 5 heteroatoms. The van der Waals surface area contributed by atoms with Gasteiger partial charge in [0, 0.05) is 18.9 Å². The highest BCUT2D eigenvalue weighted by Crippen LogP contribution is 2.36. The van der Waals surface area contributed by atoms with Crippen LogP contribution in [0, 0.1) is 6.92 Å². The minimum atomic E-state index is -1.00. The van der Waals surface area contributed by atoms with E-state index < -0.39 is 11.4 Å². The lowest BCUT2D eigenvalue weighted by molar-refractivity contribution is -0.125. The van der Waals surface area contributed by atoms with E-state index in [-0.39, 0.29) is 11.5 Å². The predicted molar refractivity (Wildman–Crippen MR) is 94.9 cm³/mol. The number of carboxylic acids is 1. The number of hydrogen-bond donors (Lipinski definition) is 2. The summed E-state index contributed by atoms with van der Waals surface area (Å²) in [6.45, 7) is 2.78. The summed E-state index contributed by atoms with van der Waals surface area (Å²) in [6, 6.07) is 14.6. The fourth-order valence-electron chi connectivity index (χ4n) is 3.30. The summed E-state index contributed by atoms with van der Waals surface area (Å²) in [7, 11) is 0. The number of carbonyl (C=O) groups excluding carboxylic acids is 1. The molecule has 0 radical (unpaired) electrons. The van der Waals surface area contributed by atoms with E-state index in [0.717, 1.165) is 5.56 Å². The Kier molecular flexibility index (Phi) is 4.86. The maximum absolute atomic E-state index is 13.1. The van der Waals surface area contributed by atoms with E-state index in [1.54, 1.807) is 19.1 Å². The van der Waals surface area contributed by atoms with Crippen molar-refractivity contribution in [2.24, 2.45) is 0 Å². The van der Waals surface area contributed by atoms with Crippen LogP contribution >= 0.6 is 0 Å². The fraction of sp³-hybridized carbons (Fsp3) is 0.300. The first-order valence-electron chi connectivity index (χ1n) is 8.32. The average molecular weight is 339 g/mol. The number of carboxylic acid groups (broad SMARTS) is 1. The standard InChI is InChI=1S/C20H21NO4/c1-14-7-8-16(13-17(14)18(22)23)21-19(24)20(9-11-25-12-10-20)15-5-3-2-4-6-15/h2-8,13H,9-12H2,1H3,(H,21,24)(H,22,23). The van der Waals surface area contributed by atoms with Crippen molar-refractivity contribution in [1.29, 1.82) is 0 Å². The summed E-state index contributed by atoms with van der Waals surface area (Å²) >= 11 is 0. The molecule has 1 aliphatic heterocycles. The van der Waals surface area contributed by atoms with Crippen molar-refractivity contribution in [3.05, 3.63) is 65.2 Å². The van der Waals surface area contributed by atoms with E-state index in [9.17, 15) is 14.7 Å². The van der Waals surface area contributed by atoms with Crippen LogP contribution in [0.25, 0.3) is 0 Å². The number of aryl methyl sites for hydroxylation is 1. The maximum atomic E-state index is 13.1. The molecular weight excluding hydrogens is 318 g/mol. The van der Waals surface area contributed by atoms with E-state index in [4.69, 9.17) is 4.74 Å². The third kappa shape index (κ3) is 3.42. The van der Waals surface area contributed by atoms with Crippen molar-refractivity contribution in [1.82, 2.24) is 0 Å². The van der Waals surface area contributed by atoms with Gasteiger partial charge in [-0.25, -0.2) is 4.79 Å². The van der Waals surface area contributed by atoms with Crippen LogP contribution in [0.4, 0.5) is 5.69 Å². The molecule has 2 N–H and O–H groups in total. The summed E-state index contributed by atoms with van der Waals surface area (Å²) in [5.41, 5.74) is 1.65. The molecule has 0 spiro atoms. The van der Waals surface area contributed by atoms with Gasteiger partial charge in [-0.2, -0.15) is 0 Å². The highest BCUT2D eigenvalue weighted by atomic mass is 16.5. The molecule has 0 aliphatic carbocycles. The lowest BCUT2D eigenvalue weighted by atomic mass is 9.73. The van der Waals surface area contributed by atoms with Crippen LogP contribution < -0.4 is 5.32 Å². The number of aromatic carboxylic acids is 1. The molecule has 0 saturated carbocycles. The van der Waals surface area contributed by atoms with Crippen molar-refractivity contribution in [2.75, 3.05) is 18.5 Å². The zero-order valence-electron chi connectivity index (χ0n) is 14.1. The lowest BCUT2D eigenvalue weighted by Crippen LogP contribution is -2.44. The lowest BCUT2D eigenvalue weighted by Gasteiger charge is -2.36. The molecular formula is C20H21NO4. The second-order valence-electron chi connectivity index (χ2n) is 6.35. The molecule has 130 valence electrons. The van der Waals surface area contributed by atoms with Crippen LogP contribution in [0.15, 0.2) is 48.5 Å². The van der Waals surface area contributed by atoms with Crippen LogP contribution in [0.1, 0.15) is 34.3 Å². The number of ether oxygens (including phenoxy) is 1. The number of hydrogen-bond acceptors (Lipinski definition) is 3. The number of benzene rings is 2. The minimum absolute atomic E-state index is 0.123. The Balaban J connectivity index is 1.92. The smallest absolute Gasteiger partial charge is 0.336 e. The number of amides is 1. The average Bonchev–Trinajstić information content (AvgIpc) is 2.64. The Bertz CT molecular complexity index is 780. The first-order valence-corrected chi connectivity index (χ1v) is 8.32. The van der Waals surface area contributed by atoms with Gasteiger partial charge in [0.1, 0.15) is 0 Å². The van der Waals surface area contributed by atoms with Crippen LogP contribution in [0.3, 0.4) is 0 Å². The van der Waals surface area contributed by atoms with E-state index in [1.165, 1.54) is 6.07 Å². The highest BCUT2D eigenvalue weighted by molar-refractivity contribution is 6.00. The van der Waals surface area contributed by atoms with Gasteiger partial charge in [0.15, 0.2) is 0 Å². The Morgan fingerprint density at radius 3 is 2.40 bits per heavy atom. The van der Waals surface area contributed by atoms with Gasteiger partial charge < -0.3 is 15.2 Å². The summed E-state index contributed by atoms with van der Waals surface area (Å²) in [4.78, 5) is 24.5. The molecule has 0 atom stereocenters. The Labute approximate surface area is 146 Å². The normalized spacial score (nSPS) is 16.2. The maximum Gasteiger partial charge on any atom is 0.336 e. The predicted octanol–water partition coefficient (Wildman–Crippen LogP) is 3.38. The summed E-state index contributed by atoms with van der Waals surface area (Å²) < 4.78 is 5.46. The SMILES string of the molecule is Cc1ccc(NC(=O)C2(c3ccccc3)CCOCC2)cc1C(=O)O. The Morgan fingerprint density at radius 1 is 1.08 bits per heavy atom. The second kappa shape index (κ2) is 7.07. The third-order valence-corrected chi connectivity index (χ3v) is 4.83. The molecule has 1 aliphatic rings. The van der Waals surface area contributed by atoms with E-state index in [2.05, 4.69) is 5.32 Å². The van der Waals surface area contributed by atoms with Gasteiger partial charge in [0.25, 0.3) is 0 Å². The van der Waals surface area contributed by atoms with Gasteiger partial charge in [0.2, 0.25) is 5.91 Å². The molecule has 0 aromatic heterocycles. The van der Waals surface area contributed by atoms with Gasteiger partial charge in [-0.15, -0.1) is 0 Å². The van der Waals surface area contributed by atoms with E-state index in [0.29, 0.717) is 37.3 Å². The zero-order valence-corrected chi connectivity index (χ0v) is 14.1. The van der Waals surface area contributed by atoms with Crippen LogP contribution in [0.2, 0.25) is 0 Å². The first-order chi connectivity index (χ1) is 12.0. The highest BCUT2D eigenvalue weighted by Gasteiger charge is 2.41. The van der Waals surface area contributed by atoms with Crippen molar-refractivity contribution in [3.63, 3.8) is 0 Å². The largest absolute Gasteiger partial charge is 0.478 e. The Morgan fingerprint density at radius 2 is 1.76 bits per heavy atom. The van der Waals surface area contributed by atoms with Crippen molar-refractivity contribution in [3.8, 4) is 0 Å². The molecule has 1 fully saturated rings. The van der Waals surface area contributed by atoms with Gasteiger partial charge in [0.05, 0.1) is 11.0 Å². The monoisotopic (exact) mass is 339 g/mol. The fourth-order valence-corrected chi connectivity index (χ4v) is 3.30. The molecule has 0 unspecified atom stereocenters. The van der Waals surface area contributed by atoms with Gasteiger partial charge in [-0.1, -0.05) is 36.4 Å². The molecule has 1 heterocycles. The Hall–Kier alpha value is -2.66. The topological polar surface area (TPSA) is 75.6 Å². The quantitative estimate of drug-likeness (QED) is 0.895. The molecule has 25 heavy (non-hydrogen) atoms. The van der Waals surface area contributed by atoms with Crippen LogP contribution in [0.5, 0.6) is 0 Å². The van der Waals surface area contributed by atoms with Gasteiger partial charge in [-0.3, -0.25) is 4.79 Å². The van der Waals surface area contributed by atoms with Crippen molar-refractivity contribution in [2.45, 2.75) is 25.2 Å². The van der Waals surface area contributed by atoms with Crippen molar-refractivity contribution >= 4 is 17.6 Å². The zero-order chi connectivity index (χ0) is 17.9. The van der Waals surface area contributed by atoms with Crippen LogP contribution in [-0.2, 0) is 14.9 Å². The van der Waals surface area contributed by atoms with Crippen molar-refractivity contribution < 1.29 is 19.4 Å². The summed E-state index contributed by atoms with van der Waals surface area (Å²) in [5, 5.41) is 12.2. The summed E-state index contributed by atoms with van der Waals surface area (Å²) in [5.74, 6) is -1.13. The second-order valence-corrected chi connectivity index (χ2v) is 6.35. The first kappa shape index (κ1) is 17.2. The molecule has 1 amide bonds. The number of anilines is 1. The molecule has 2 aromatic rings. The molecule has 2 aromatic carbocycles. The molecule has 5 nitrogen and oxygen atoms in total. The molecule has 0 bridgehead atoms.